The Labute approximate surface area is 231 Å². The van der Waals surface area contributed by atoms with Crippen LogP contribution in [0.4, 0.5) is 4.39 Å². The highest BCUT2D eigenvalue weighted by atomic mass is 32.2. The molecule has 3 N–H and O–H groups in total. The minimum Gasteiger partial charge on any atom is -0.508 e. The van der Waals surface area contributed by atoms with E-state index >= 15 is 0 Å². The average molecular weight is 568 g/mol. The average Bonchev–Trinajstić information content (AvgIpc) is 3.20. The lowest BCUT2D eigenvalue weighted by Gasteiger charge is -2.46. The molecular weight excluding hydrogens is 537 g/mol. The summed E-state index contributed by atoms with van der Waals surface area (Å²) in [6.07, 6.45) is -1.20. The summed E-state index contributed by atoms with van der Waals surface area (Å²) in [5.74, 6) is -5.00. The van der Waals surface area contributed by atoms with E-state index in [0.717, 1.165) is 0 Å². The van der Waals surface area contributed by atoms with E-state index in [4.69, 9.17) is 0 Å². The predicted molar refractivity (Wildman–Crippen MR) is 146 cm³/mol. The van der Waals surface area contributed by atoms with Crippen molar-refractivity contribution in [1.29, 1.82) is 0 Å². The van der Waals surface area contributed by atoms with E-state index in [-0.39, 0.29) is 47.0 Å². The van der Waals surface area contributed by atoms with Crippen molar-refractivity contribution in [3.63, 3.8) is 0 Å². The van der Waals surface area contributed by atoms with Gasteiger partial charge >= 0.3 is 0 Å². The number of likely N-dealkylation sites (tertiary alicyclic amines) is 1. The minimum absolute atomic E-state index is 0.0101. The molecular formula is C30H30FNO7S. The monoisotopic (exact) mass is 567 g/mol. The summed E-state index contributed by atoms with van der Waals surface area (Å²) in [7, 11) is -3.54. The van der Waals surface area contributed by atoms with Crippen LogP contribution in [-0.4, -0.2) is 76.9 Å². The summed E-state index contributed by atoms with van der Waals surface area (Å²) in [5, 5.41) is 30.8. The fourth-order valence-electron chi connectivity index (χ4n) is 6.17. The first-order chi connectivity index (χ1) is 18.9. The van der Waals surface area contributed by atoms with E-state index in [1.807, 2.05) is 0 Å². The largest absolute Gasteiger partial charge is 0.508 e. The maximum Gasteiger partial charge on any atom is 0.167 e. The molecule has 5 rings (SSSR count). The van der Waals surface area contributed by atoms with Crippen molar-refractivity contribution in [1.82, 2.24) is 4.90 Å². The van der Waals surface area contributed by atoms with Gasteiger partial charge in [-0.05, 0) is 48.4 Å². The van der Waals surface area contributed by atoms with E-state index in [1.165, 1.54) is 60.7 Å². The maximum atomic E-state index is 14.9. The molecule has 0 radical (unpaired) electrons. The van der Waals surface area contributed by atoms with Crippen molar-refractivity contribution in [3.8, 4) is 11.5 Å². The molecule has 2 saturated heterocycles. The number of halogens is 1. The third kappa shape index (κ3) is 5.39. The molecule has 2 aliphatic rings. The van der Waals surface area contributed by atoms with Crippen LogP contribution in [0.2, 0.25) is 0 Å². The molecule has 8 nitrogen and oxygen atoms in total. The van der Waals surface area contributed by atoms with Crippen molar-refractivity contribution in [2.75, 3.05) is 24.6 Å². The van der Waals surface area contributed by atoms with Gasteiger partial charge in [-0.15, -0.1) is 0 Å². The van der Waals surface area contributed by atoms with Gasteiger partial charge in [-0.2, -0.15) is 0 Å². The van der Waals surface area contributed by atoms with Gasteiger partial charge in [0.05, 0.1) is 23.7 Å². The molecule has 0 spiro atoms. The summed E-state index contributed by atoms with van der Waals surface area (Å²) in [6, 6.07) is 15.3. The second-order valence-corrected chi connectivity index (χ2v) is 12.8. The SMILES string of the molecule is Cc1c(F)cccc1C1C(C(=O)c2cccc(O)c2)CN(C2CS(=O)(=O)CC2O)CC1C(=O)c1cccc(O)c1. The Bertz CT molecular complexity index is 1510. The number of piperidine rings is 1. The zero-order chi connectivity index (χ0) is 28.8. The van der Waals surface area contributed by atoms with Crippen LogP contribution in [-0.2, 0) is 9.84 Å². The van der Waals surface area contributed by atoms with E-state index in [2.05, 4.69) is 0 Å². The summed E-state index contributed by atoms with van der Waals surface area (Å²) in [6.45, 7) is 1.60. The molecule has 2 fully saturated rings. The van der Waals surface area contributed by atoms with Crippen LogP contribution >= 0.6 is 0 Å². The number of hydrogen-bond donors (Lipinski definition) is 3. The van der Waals surface area contributed by atoms with Crippen LogP contribution in [0.15, 0.2) is 66.7 Å². The predicted octanol–water partition coefficient (Wildman–Crippen LogP) is 3.10. The maximum absolute atomic E-state index is 14.9. The van der Waals surface area contributed by atoms with Gasteiger partial charge in [-0.1, -0.05) is 36.4 Å². The first kappa shape index (κ1) is 27.9. The molecule has 3 aromatic carbocycles. The van der Waals surface area contributed by atoms with Gasteiger partial charge in [0.2, 0.25) is 0 Å². The number of rotatable bonds is 6. The smallest absolute Gasteiger partial charge is 0.167 e. The Kier molecular flexibility index (Phi) is 7.52. The normalized spacial score (nSPS) is 26.4. The topological polar surface area (TPSA) is 132 Å². The van der Waals surface area contributed by atoms with Crippen molar-refractivity contribution in [3.05, 3.63) is 94.8 Å². The molecule has 3 aromatic rings. The minimum atomic E-state index is -3.54. The Morgan fingerprint density at radius 1 is 0.850 bits per heavy atom. The number of aromatic hydroxyl groups is 2. The van der Waals surface area contributed by atoms with Gasteiger partial charge in [-0.25, -0.2) is 12.8 Å². The van der Waals surface area contributed by atoms with Crippen LogP contribution in [0.3, 0.4) is 0 Å². The molecule has 2 aliphatic heterocycles. The summed E-state index contributed by atoms with van der Waals surface area (Å²) >= 11 is 0. The number of aliphatic hydroxyl groups excluding tert-OH is 1. The van der Waals surface area contributed by atoms with Crippen molar-refractivity contribution < 1.29 is 37.7 Å². The molecule has 0 aromatic heterocycles. The van der Waals surface area contributed by atoms with Gasteiger partial charge in [0, 0.05) is 42.0 Å². The number of phenols is 2. The van der Waals surface area contributed by atoms with E-state index in [1.54, 1.807) is 17.9 Å². The number of phenolic OH excluding ortho intramolecular Hbond substituents is 2. The number of nitrogens with zero attached hydrogens (tertiary/aromatic N) is 1. The molecule has 0 saturated carbocycles. The number of sulfone groups is 1. The standard InChI is InChI=1S/C30H30FNO7S/c1-17-22(9-4-10-25(17)31)28-23(29(36)18-5-2-7-20(33)11-18)13-32(26-15-40(38,39)16-27(26)35)14-24(28)30(37)19-6-3-8-21(34)12-19/h2-12,23-24,26-28,33-35H,13-16H2,1H3. The van der Waals surface area contributed by atoms with Gasteiger partial charge in [-0.3, -0.25) is 14.5 Å². The lowest BCUT2D eigenvalue weighted by molar-refractivity contribution is 0.0217. The number of benzene rings is 3. The van der Waals surface area contributed by atoms with Gasteiger partial charge in [0.25, 0.3) is 0 Å². The lowest BCUT2D eigenvalue weighted by Crippen LogP contribution is -2.56. The number of Topliss-reactive ketones (excluding diaryl/α,β-unsaturated/α-hetero) is 2. The first-order valence-electron chi connectivity index (χ1n) is 13.0. The second kappa shape index (κ2) is 10.8. The van der Waals surface area contributed by atoms with Crippen LogP contribution < -0.4 is 0 Å². The van der Waals surface area contributed by atoms with Gasteiger partial charge in [0.1, 0.15) is 17.3 Å². The fraction of sp³-hybridized carbons (Fsp3) is 0.333. The summed E-state index contributed by atoms with van der Waals surface area (Å²) in [4.78, 5) is 29.9. The zero-order valence-electron chi connectivity index (χ0n) is 21.8. The van der Waals surface area contributed by atoms with Gasteiger partial charge < -0.3 is 15.3 Å². The van der Waals surface area contributed by atoms with Crippen LogP contribution in [0, 0.1) is 24.6 Å². The first-order valence-corrected chi connectivity index (χ1v) is 14.8. The Balaban J connectivity index is 1.67. The molecule has 0 bridgehead atoms. The Hall–Kier alpha value is -3.60. The third-order valence-corrected chi connectivity index (χ3v) is 9.79. The van der Waals surface area contributed by atoms with Crippen LogP contribution in [0.5, 0.6) is 11.5 Å². The van der Waals surface area contributed by atoms with Gasteiger partial charge in [0.15, 0.2) is 21.4 Å². The van der Waals surface area contributed by atoms with E-state index in [9.17, 15) is 37.7 Å². The molecule has 210 valence electrons. The molecule has 4 unspecified atom stereocenters. The van der Waals surface area contributed by atoms with Crippen molar-refractivity contribution in [2.45, 2.75) is 25.0 Å². The van der Waals surface area contributed by atoms with Crippen molar-refractivity contribution >= 4 is 21.4 Å². The quantitative estimate of drug-likeness (QED) is 0.387. The molecule has 4 atom stereocenters. The number of carbonyl (C=O) groups is 2. The fourth-order valence-corrected chi connectivity index (χ4v) is 8.01. The number of carbonyl (C=O) groups excluding carboxylic acids is 2. The summed E-state index contributed by atoms with van der Waals surface area (Å²) < 4.78 is 39.6. The molecule has 10 heteroatoms. The zero-order valence-corrected chi connectivity index (χ0v) is 22.6. The lowest BCUT2D eigenvalue weighted by atomic mass is 9.67. The molecule has 0 amide bonds. The third-order valence-electron chi connectivity index (χ3n) is 8.10. The van der Waals surface area contributed by atoms with Crippen molar-refractivity contribution in [2.24, 2.45) is 11.8 Å². The Morgan fingerprint density at radius 2 is 1.38 bits per heavy atom. The highest BCUT2D eigenvalue weighted by Gasteiger charge is 2.50. The summed E-state index contributed by atoms with van der Waals surface area (Å²) in [5.41, 5.74) is 1.13. The number of aliphatic hydroxyl groups is 1. The van der Waals surface area contributed by atoms with E-state index < -0.39 is 62.9 Å². The Morgan fingerprint density at radius 3 is 1.85 bits per heavy atom. The van der Waals surface area contributed by atoms with Crippen LogP contribution in [0.25, 0.3) is 0 Å². The number of ketones is 2. The second-order valence-electron chi connectivity index (χ2n) is 10.7. The number of hydrogen-bond acceptors (Lipinski definition) is 8. The molecule has 0 aliphatic carbocycles. The highest BCUT2D eigenvalue weighted by Crippen LogP contribution is 2.44. The van der Waals surface area contributed by atoms with Crippen LogP contribution in [0.1, 0.15) is 37.8 Å². The molecule has 40 heavy (non-hydrogen) atoms. The molecule has 2 heterocycles. The van der Waals surface area contributed by atoms with E-state index in [0.29, 0.717) is 5.56 Å². The highest BCUT2D eigenvalue weighted by molar-refractivity contribution is 7.91.